The number of aliphatic hydroxyl groups excluding tert-OH is 1. The first kappa shape index (κ1) is 16.9. The molecule has 1 N–H and O–H groups in total. The Bertz CT molecular complexity index is 973. The van der Waals surface area contributed by atoms with Gasteiger partial charge in [-0.05, 0) is 42.7 Å². The first-order valence-corrected chi connectivity index (χ1v) is 7.89. The summed E-state index contributed by atoms with van der Waals surface area (Å²) in [5, 5.41) is 10.8. The van der Waals surface area contributed by atoms with Crippen LogP contribution < -0.4 is 5.63 Å². The van der Waals surface area contributed by atoms with E-state index in [0.717, 1.165) is 11.1 Å². The van der Waals surface area contributed by atoms with E-state index in [-0.39, 0.29) is 6.61 Å². The molecule has 0 unspecified atom stereocenters. The summed E-state index contributed by atoms with van der Waals surface area (Å²) in [6, 6.07) is 13.5. The van der Waals surface area contributed by atoms with Gasteiger partial charge in [-0.2, -0.15) is 0 Å². The summed E-state index contributed by atoms with van der Waals surface area (Å²) in [5.41, 5.74) is 2.98. The van der Waals surface area contributed by atoms with Gasteiger partial charge in [0, 0.05) is 17.0 Å². The molecule has 0 saturated carbocycles. The van der Waals surface area contributed by atoms with Crippen molar-refractivity contribution in [3.8, 4) is 0 Å². The van der Waals surface area contributed by atoms with Gasteiger partial charge < -0.3 is 14.3 Å². The van der Waals surface area contributed by atoms with Gasteiger partial charge in [-0.15, -0.1) is 0 Å². The fourth-order valence-electron chi connectivity index (χ4n) is 2.60. The molecule has 1 aromatic heterocycles. The maximum atomic E-state index is 12.1. The summed E-state index contributed by atoms with van der Waals surface area (Å²) in [6.45, 7) is 3.76. The van der Waals surface area contributed by atoms with E-state index in [1.54, 1.807) is 36.4 Å². The number of fused-ring (bicyclic) bond motifs is 1. The third-order valence-corrected chi connectivity index (χ3v) is 4.15. The number of esters is 1. The SMILES string of the molecule is Cc1cc2oc(=O)cc(COC(=O)[C@H](O)c3ccccc3)c2cc1C. The van der Waals surface area contributed by atoms with Gasteiger partial charge in [0.05, 0.1) is 0 Å². The quantitative estimate of drug-likeness (QED) is 0.584. The van der Waals surface area contributed by atoms with E-state index in [1.807, 2.05) is 19.9 Å². The molecule has 0 amide bonds. The first-order chi connectivity index (χ1) is 12.0. The second-order valence-corrected chi connectivity index (χ2v) is 5.94. The van der Waals surface area contributed by atoms with Crippen LogP contribution in [0.3, 0.4) is 0 Å². The number of hydrogen-bond acceptors (Lipinski definition) is 5. The number of hydrogen-bond donors (Lipinski definition) is 1. The lowest BCUT2D eigenvalue weighted by Crippen LogP contribution is -2.16. The average Bonchev–Trinajstić information content (AvgIpc) is 2.61. The molecular formula is C20H18O5. The largest absolute Gasteiger partial charge is 0.459 e. The number of aryl methyl sites for hydroxylation is 2. The Morgan fingerprint density at radius 2 is 1.80 bits per heavy atom. The molecule has 1 heterocycles. The monoisotopic (exact) mass is 338 g/mol. The highest BCUT2D eigenvalue weighted by Crippen LogP contribution is 2.23. The van der Waals surface area contributed by atoms with Crippen LogP contribution in [0.2, 0.25) is 0 Å². The number of rotatable bonds is 4. The van der Waals surface area contributed by atoms with Crippen molar-refractivity contribution in [1.29, 1.82) is 0 Å². The second-order valence-electron chi connectivity index (χ2n) is 5.94. The fourth-order valence-corrected chi connectivity index (χ4v) is 2.60. The Labute approximate surface area is 144 Å². The number of ether oxygens (including phenoxy) is 1. The van der Waals surface area contributed by atoms with Crippen LogP contribution in [0.15, 0.2) is 57.7 Å². The highest BCUT2D eigenvalue weighted by atomic mass is 16.5. The molecule has 5 nitrogen and oxygen atoms in total. The summed E-state index contributed by atoms with van der Waals surface area (Å²) in [4.78, 5) is 23.8. The molecule has 0 aliphatic rings. The Morgan fingerprint density at radius 1 is 1.12 bits per heavy atom. The molecule has 25 heavy (non-hydrogen) atoms. The van der Waals surface area contributed by atoms with Crippen molar-refractivity contribution in [2.45, 2.75) is 26.6 Å². The van der Waals surface area contributed by atoms with Gasteiger partial charge >= 0.3 is 11.6 Å². The molecule has 5 heteroatoms. The molecule has 3 aromatic rings. The van der Waals surface area contributed by atoms with E-state index in [9.17, 15) is 14.7 Å². The van der Waals surface area contributed by atoms with Gasteiger partial charge in [0.25, 0.3) is 0 Å². The second kappa shape index (κ2) is 6.91. The molecule has 0 bridgehead atoms. The van der Waals surface area contributed by atoms with Gasteiger partial charge in [0.15, 0.2) is 6.10 Å². The third-order valence-electron chi connectivity index (χ3n) is 4.15. The van der Waals surface area contributed by atoms with Crippen molar-refractivity contribution in [2.75, 3.05) is 0 Å². The van der Waals surface area contributed by atoms with Crippen LogP contribution in [-0.4, -0.2) is 11.1 Å². The van der Waals surface area contributed by atoms with E-state index in [0.29, 0.717) is 22.1 Å². The van der Waals surface area contributed by atoms with Crippen LogP contribution in [-0.2, 0) is 16.1 Å². The summed E-state index contributed by atoms with van der Waals surface area (Å²) < 4.78 is 10.4. The molecule has 0 spiro atoms. The lowest BCUT2D eigenvalue weighted by Gasteiger charge is -2.12. The predicted molar refractivity (Wildman–Crippen MR) is 93.2 cm³/mol. The van der Waals surface area contributed by atoms with E-state index < -0.39 is 17.7 Å². The minimum absolute atomic E-state index is 0.118. The van der Waals surface area contributed by atoms with Crippen LogP contribution in [0.4, 0.5) is 0 Å². The van der Waals surface area contributed by atoms with Crippen molar-refractivity contribution < 1.29 is 19.1 Å². The van der Waals surface area contributed by atoms with E-state index in [2.05, 4.69) is 0 Å². The lowest BCUT2D eigenvalue weighted by atomic mass is 10.0. The first-order valence-electron chi connectivity index (χ1n) is 7.89. The normalized spacial score (nSPS) is 12.1. The van der Waals surface area contributed by atoms with Crippen LogP contribution in [0.5, 0.6) is 0 Å². The zero-order valence-electron chi connectivity index (χ0n) is 14.0. The van der Waals surface area contributed by atoms with E-state index in [4.69, 9.17) is 9.15 Å². The Kier molecular flexibility index (Phi) is 4.67. The van der Waals surface area contributed by atoms with Crippen LogP contribution >= 0.6 is 0 Å². The Balaban J connectivity index is 1.84. The average molecular weight is 338 g/mol. The predicted octanol–water partition coefficient (Wildman–Crippen LogP) is 3.19. The topological polar surface area (TPSA) is 76.7 Å². The maximum Gasteiger partial charge on any atom is 0.339 e. The van der Waals surface area contributed by atoms with Crippen molar-refractivity contribution in [2.24, 2.45) is 0 Å². The zero-order valence-corrected chi connectivity index (χ0v) is 14.0. The van der Waals surface area contributed by atoms with Gasteiger partial charge in [0.1, 0.15) is 12.2 Å². The number of benzene rings is 2. The molecule has 0 radical (unpaired) electrons. The molecule has 3 rings (SSSR count). The number of carbonyl (C=O) groups is 1. The lowest BCUT2D eigenvalue weighted by molar-refractivity contribution is -0.155. The Hall–Kier alpha value is -2.92. The molecule has 0 aliphatic heterocycles. The Morgan fingerprint density at radius 3 is 2.52 bits per heavy atom. The third kappa shape index (κ3) is 3.61. The molecule has 2 aromatic carbocycles. The number of aliphatic hydroxyl groups is 1. The van der Waals surface area contributed by atoms with Crippen molar-refractivity contribution in [3.05, 3.63) is 81.2 Å². The summed E-state index contributed by atoms with van der Waals surface area (Å²) in [6.07, 6.45) is -1.36. The zero-order chi connectivity index (χ0) is 18.0. The molecule has 0 aliphatic carbocycles. The minimum atomic E-state index is -1.36. The van der Waals surface area contributed by atoms with Crippen molar-refractivity contribution in [3.63, 3.8) is 0 Å². The highest BCUT2D eigenvalue weighted by Gasteiger charge is 2.19. The fraction of sp³-hybridized carbons (Fsp3) is 0.200. The van der Waals surface area contributed by atoms with Gasteiger partial charge in [0.2, 0.25) is 0 Å². The maximum absolute atomic E-state index is 12.1. The molecule has 1 atom stereocenters. The van der Waals surface area contributed by atoms with E-state index in [1.165, 1.54) is 6.07 Å². The van der Waals surface area contributed by atoms with Gasteiger partial charge in [-0.25, -0.2) is 9.59 Å². The highest BCUT2D eigenvalue weighted by molar-refractivity contribution is 5.82. The minimum Gasteiger partial charge on any atom is -0.459 e. The smallest absolute Gasteiger partial charge is 0.339 e. The summed E-state index contributed by atoms with van der Waals surface area (Å²) >= 11 is 0. The van der Waals surface area contributed by atoms with Crippen LogP contribution in [0.25, 0.3) is 11.0 Å². The summed E-state index contributed by atoms with van der Waals surface area (Å²) in [5.74, 6) is -0.767. The van der Waals surface area contributed by atoms with Gasteiger partial charge in [-0.1, -0.05) is 30.3 Å². The van der Waals surface area contributed by atoms with Crippen molar-refractivity contribution in [1.82, 2.24) is 0 Å². The molecule has 0 fully saturated rings. The molecular weight excluding hydrogens is 320 g/mol. The van der Waals surface area contributed by atoms with Crippen LogP contribution in [0, 0.1) is 13.8 Å². The molecule has 128 valence electrons. The number of carbonyl (C=O) groups excluding carboxylic acids is 1. The summed E-state index contributed by atoms with van der Waals surface area (Å²) in [7, 11) is 0. The van der Waals surface area contributed by atoms with Crippen LogP contribution in [0.1, 0.15) is 28.4 Å². The van der Waals surface area contributed by atoms with Crippen molar-refractivity contribution >= 4 is 16.9 Å². The standard InChI is InChI=1S/C20H18O5/c1-12-8-16-15(10-18(21)25-17(16)9-13(12)2)11-24-20(23)19(22)14-6-4-3-5-7-14/h3-10,19,22H,11H2,1-2H3/t19-/m1/s1. The van der Waals surface area contributed by atoms with E-state index >= 15 is 0 Å². The molecule has 0 saturated heterocycles. The van der Waals surface area contributed by atoms with Gasteiger partial charge in [-0.3, -0.25) is 0 Å².